The summed E-state index contributed by atoms with van der Waals surface area (Å²) < 4.78 is 19.0. The maximum absolute atomic E-state index is 5.99. The van der Waals surface area contributed by atoms with Crippen LogP contribution in [0.4, 0.5) is 5.69 Å². The van der Waals surface area contributed by atoms with E-state index in [2.05, 4.69) is 32.5 Å². The van der Waals surface area contributed by atoms with Gasteiger partial charge in [-0.1, -0.05) is 0 Å². The number of pyridine rings is 1. The molecule has 0 spiro atoms. The highest BCUT2D eigenvalue weighted by Crippen LogP contribution is 2.36. The number of anilines is 1. The lowest BCUT2D eigenvalue weighted by molar-refractivity contribution is 0.0895. The predicted octanol–water partition coefficient (Wildman–Crippen LogP) is 2.94. The number of rotatable bonds is 5. The first-order valence-electron chi connectivity index (χ1n) is 9.97. The number of aryl methyl sites for hydroxylation is 1. The van der Waals surface area contributed by atoms with Crippen molar-refractivity contribution in [1.82, 2.24) is 25.0 Å². The monoisotopic (exact) mass is 384 g/mol. The van der Waals surface area contributed by atoms with E-state index in [0.29, 0.717) is 17.8 Å². The third-order valence-electron chi connectivity index (χ3n) is 5.41. The summed E-state index contributed by atoms with van der Waals surface area (Å²) in [5.41, 5.74) is 2.59. The maximum atomic E-state index is 5.99. The highest BCUT2D eigenvalue weighted by molar-refractivity contribution is 5.96. The first-order chi connectivity index (χ1) is 13.8. The maximum Gasteiger partial charge on any atom is 0.251 e. The average molecular weight is 384 g/mol. The number of ether oxygens (including phenoxy) is 2. The Morgan fingerprint density at radius 2 is 2.04 bits per heavy atom. The van der Waals surface area contributed by atoms with Gasteiger partial charge in [-0.05, 0) is 32.6 Å². The van der Waals surface area contributed by atoms with Gasteiger partial charge in [-0.15, -0.1) is 10.2 Å². The summed E-state index contributed by atoms with van der Waals surface area (Å²) in [6.45, 7) is 5.08. The van der Waals surface area contributed by atoms with E-state index in [1.165, 1.54) is 0 Å². The van der Waals surface area contributed by atoms with Crippen LogP contribution in [0.3, 0.4) is 0 Å². The summed E-state index contributed by atoms with van der Waals surface area (Å²) >= 11 is 0. The zero-order chi connectivity index (χ0) is 18.9. The minimum atomic E-state index is -0.104. The Balaban J connectivity index is 1.56. The molecule has 28 heavy (non-hydrogen) atoms. The molecule has 2 saturated heterocycles. The first-order valence-corrected chi connectivity index (χ1v) is 9.97. The average Bonchev–Trinajstić information content (AvgIpc) is 3.48. The fraction of sp³-hybridized carbons (Fsp3) is 0.579. The van der Waals surface area contributed by atoms with E-state index < -0.39 is 0 Å². The van der Waals surface area contributed by atoms with E-state index in [1.807, 2.05) is 10.9 Å². The molecule has 148 valence electrons. The van der Waals surface area contributed by atoms with Crippen molar-refractivity contribution in [3.05, 3.63) is 18.3 Å². The van der Waals surface area contributed by atoms with Crippen LogP contribution < -0.4 is 5.32 Å². The molecule has 5 heterocycles. The Morgan fingerprint density at radius 1 is 1.14 bits per heavy atom. The van der Waals surface area contributed by atoms with Crippen molar-refractivity contribution in [2.45, 2.75) is 51.3 Å². The molecular formula is C19H24N6O3. The zero-order valence-corrected chi connectivity index (χ0v) is 15.9. The number of aromatic nitrogens is 5. The Bertz CT molecular complexity index is 956. The van der Waals surface area contributed by atoms with Crippen LogP contribution in [0.1, 0.15) is 44.6 Å². The van der Waals surface area contributed by atoms with Gasteiger partial charge in [-0.25, -0.2) is 9.67 Å². The van der Waals surface area contributed by atoms with Crippen LogP contribution in [0.25, 0.3) is 22.5 Å². The van der Waals surface area contributed by atoms with Crippen LogP contribution in [0, 0.1) is 0 Å². The Morgan fingerprint density at radius 3 is 2.82 bits per heavy atom. The molecule has 0 bridgehead atoms. The van der Waals surface area contributed by atoms with Gasteiger partial charge in [0.25, 0.3) is 5.89 Å². The van der Waals surface area contributed by atoms with E-state index in [4.69, 9.17) is 13.9 Å². The fourth-order valence-corrected chi connectivity index (χ4v) is 3.87. The minimum absolute atomic E-state index is 0.104. The van der Waals surface area contributed by atoms with Crippen molar-refractivity contribution in [2.24, 2.45) is 0 Å². The van der Waals surface area contributed by atoms with Gasteiger partial charge >= 0.3 is 0 Å². The van der Waals surface area contributed by atoms with Gasteiger partial charge < -0.3 is 19.2 Å². The van der Waals surface area contributed by atoms with Crippen LogP contribution in [0.2, 0.25) is 0 Å². The van der Waals surface area contributed by atoms with Crippen molar-refractivity contribution in [3.8, 4) is 11.5 Å². The van der Waals surface area contributed by atoms with Crippen LogP contribution in [0.15, 0.2) is 16.8 Å². The fourth-order valence-electron chi connectivity index (χ4n) is 3.87. The van der Waals surface area contributed by atoms with E-state index in [0.717, 1.165) is 74.3 Å². The smallest absolute Gasteiger partial charge is 0.251 e. The molecule has 9 heteroatoms. The van der Waals surface area contributed by atoms with E-state index in [-0.39, 0.29) is 6.10 Å². The van der Waals surface area contributed by atoms with Crippen LogP contribution in [-0.2, 0) is 16.0 Å². The second kappa shape index (κ2) is 7.48. The highest BCUT2D eigenvalue weighted by Gasteiger charge is 2.26. The van der Waals surface area contributed by atoms with Crippen LogP contribution in [0.5, 0.6) is 0 Å². The molecule has 0 amide bonds. The molecule has 0 aliphatic carbocycles. The van der Waals surface area contributed by atoms with Gasteiger partial charge in [-0.2, -0.15) is 5.10 Å². The molecule has 3 aromatic rings. The Kier molecular flexibility index (Phi) is 4.69. The summed E-state index contributed by atoms with van der Waals surface area (Å²) in [5, 5.41) is 17.6. The molecule has 5 rings (SSSR count). The molecule has 0 aromatic carbocycles. The number of hydrogen-bond donors (Lipinski definition) is 1. The molecule has 3 aromatic heterocycles. The van der Waals surface area contributed by atoms with Crippen molar-refractivity contribution in [2.75, 3.05) is 25.1 Å². The van der Waals surface area contributed by atoms with Crippen LogP contribution >= 0.6 is 0 Å². The van der Waals surface area contributed by atoms with Crippen molar-refractivity contribution in [1.29, 1.82) is 0 Å². The lowest BCUT2D eigenvalue weighted by Gasteiger charge is -2.25. The standard InChI is InChI=1S/C19H24N6O3/c1-2-25-17-13(11-21-25)16(22-12-5-8-26-9-6-12)14(10-20-17)18-23-24-19(28-18)15-4-3-7-27-15/h10-12,15H,2-9H2,1H3,(H,20,22)/t15-/m0/s1. The zero-order valence-electron chi connectivity index (χ0n) is 15.9. The predicted molar refractivity (Wildman–Crippen MR) is 102 cm³/mol. The van der Waals surface area contributed by atoms with Crippen LogP contribution in [-0.4, -0.2) is 50.8 Å². The largest absolute Gasteiger partial charge is 0.418 e. The van der Waals surface area contributed by atoms with E-state index in [9.17, 15) is 0 Å². The number of nitrogens with one attached hydrogen (secondary N) is 1. The SMILES string of the molecule is CCn1ncc2c(NC3CCOCC3)c(-c3nnc([C@@H]4CCCO4)o3)cnc21. The summed E-state index contributed by atoms with van der Waals surface area (Å²) in [7, 11) is 0. The van der Waals surface area contributed by atoms with Crippen molar-refractivity contribution >= 4 is 16.7 Å². The molecule has 1 atom stereocenters. The number of fused-ring (bicyclic) bond motifs is 1. The molecule has 2 fully saturated rings. The van der Waals surface area contributed by atoms with Gasteiger partial charge in [0.1, 0.15) is 6.10 Å². The van der Waals surface area contributed by atoms with Gasteiger partial charge in [0, 0.05) is 38.6 Å². The molecule has 2 aliphatic heterocycles. The number of hydrogen-bond acceptors (Lipinski definition) is 8. The van der Waals surface area contributed by atoms with E-state index in [1.54, 1.807) is 6.20 Å². The second-order valence-corrected chi connectivity index (χ2v) is 7.22. The summed E-state index contributed by atoms with van der Waals surface area (Å²) in [6, 6.07) is 0.323. The number of nitrogens with zero attached hydrogens (tertiary/aromatic N) is 5. The molecule has 0 saturated carbocycles. The Labute approximate surface area is 162 Å². The lowest BCUT2D eigenvalue weighted by Crippen LogP contribution is -2.28. The first kappa shape index (κ1) is 17.6. The quantitative estimate of drug-likeness (QED) is 0.717. The van der Waals surface area contributed by atoms with E-state index >= 15 is 0 Å². The molecule has 1 N–H and O–H groups in total. The minimum Gasteiger partial charge on any atom is -0.418 e. The molecule has 0 radical (unpaired) electrons. The van der Waals surface area contributed by atoms with Crippen molar-refractivity contribution in [3.63, 3.8) is 0 Å². The third kappa shape index (κ3) is 3.14. The molecule has 0 unspecified atom stereocenters. The van der Waals surface area contributed by atoms with Gasteiger partial charge in [-0.3, -0.25) is 0 Å². The normalized spacial score (nSPS) is 20.8. The van der Waals surface area contributed by atoms with Gasteiger partial charge in [0.2, 0.25) is 5.89 Å². The Hall–Kier alpha value is -2.52. The van der Waals surface area contributed by atoms with Gasteiger partial charge in [0.05, 0.1) is 22.8 Å². The summed E-state index contributed by atoms with van der Waals surface area (Å²) in [6.07, 6.45) is 7.39. The second-order valence-electron chi connectivity index (χ2n) is 7.22. The van der Waals surface area contributed by atoms with Gasteiger partial charge in [0.15, 0.2) is 5.65 Å². The molecule has 9 nitrogen and oxygen atoms in total. The van der Waals surface area contributed by atoms with Crippen molar-refractivity contribution < 1.29 is 13.9 Å². The lowest BCUT2D eigenvalue weighted by atomic mass is 10.1. The summed E-state index contributed by atoms with van der Waals surface area (Å²) in [4.78, 5) is 4.63. The topological polar surface area (TPSA) is 100 Å². The molecular weight excluding hydrogens is 360 g/mol. The summed E-state index contributed by atoms with van der Waals surface area (Å²) in [5.74, 6) is 0.993. The molecule has 2 aliphatic rings. The third-order valence-corrected chi connectivity index (χ3v) is 5.41. The highest BCUT2D eigenvalue weighted by atomic mass is 16.5.